The van der Waals surface area contributed by atoms with E-state index in [1.807, 2.05) is 6.07 Å². The Kier molecular flexibility index (Phi) is 6.35. The molecule has 1 saturated carbocycles. The molecule has 2 fully saturated rings. The van der Waals surface area contributed by atoms with Gasteiger partial charge >= 0.3 is 0 Å². The third-order valence-electron chi connectivity index (χ3n) is 6.08. The lowest BCUT2D eigenvalue weighted by Crippen LogP contribution is -2.37. The molecule has 0 bridgehead atoms. The number of nitrogens with zero attached hydrogens (tertiary/aromatic N) is 1. The Morgan fingerprint density at radius 2 is 1.69 bits per heavy atom. The molecule has 168 valence electrons. The molecule has 32 heavy (non-hydrogen) atoms. The lowest BCUT2D eigenvalue weighted by atomic mass is 9.94. The van der Waals surface area contributed by atoms with Crippen molar-refractivity contribution in [2.24, 2.45) is 0 Å². The maximum absolute atomic E-state index is 13.2. The Balaban J connectivity index is 1.91. The molecule has 1 aliphatic heterocycles. The largest absolute Gasteiger partial charge is 0.507 e. The van der Waals surface area contributed by atoms with Gasteiger partial charge in [0, 0.05) is 11.6 Å². The minimum absolute atomic E-state index is 0.00690. The van der Waals surface area contributed by atoms with Crippen molar-refractivity contribution < 1.29 is 24.2 Å². The quantitative estimate of drug-likeness (QED) is 0.357. The summed E-state index contributed by atoms with van der Waals surface area (Å²) in [6.07, 6.45) is 3.60. The average Bonchev–Trinajstić information content (AvgIpc) is 3.40. The Morgan fingerprint density at radius 1 is 1.03 bits per heavy atom. The van der Waals surface area contributed by atoms with Crippen LogP contribution in [0.1, 0.15) is 42.9 Å². The summed E-state index contributed by atoms with van der Waals surface area (Å²) in [7, 11) is 2.98. The van der Waals surface area contributed by atoms with Gasteiger partial charge in [0.25, 0.3) is 11.7 Å². The van der Waals surface area contributed by atoms with E-state index in [0.29, 0.717) is 11.3 Å². The summed E-state index contributed by atoms with van der Waals surface area (Å²) in [5.74, 6) is -0.818. The van der Waals surface area contributed by atoms with Gasteiger partial charge in [0.2, 0.25) is 0 Å². The molecule has 6 nitrogen and oxygen atoms in total. The van der Waals surface area contributed by atoms with Gasteiger partial charge in [0.15, 0.2) is 5.75 Å². The zero-order valence-electron chi connectivity index (χ0n) is 17.7. The normalized spacial score (nSPS) is 20.8. The molecule has 1 amide bonds. The Labute approximate surface area is 196 Å². The molecule has 8 heteroatoms. The first-order valence-corrected chi connectivity index (χ1v) is 11.1. The molecular weight excluding hydrogens is 453 g/mol. The minimum atomic E-state index is -0.743. The number of carbonyl (C=O) groups excluding carboxylic acids is 2. The van der Waals surface area contributed by atoms with Crippen LogP contribution in [0.4, 0.5) is 0 Å². The number of rotatable bonds is 5. The highest BCUT2D eigenvalue weighted by atomic mass is 35.5. The Hall–Kier alpha value is -2.70. The minimum Gasteiger partial charge on any atom is -0.507 e. The molecule has 0 radical (unpaired) electrons. The standard InChI is InChI=1S/C24H23Cl2NO5/c1-31-16-9-5-6-13(10-16)20-19(22(29)24(30)27(20)15-7-3-4-8-15)21(28)14-11-17(25)23(32-2)18(26)12-14/h5-6,9-12,15,20,28H,3-4,7-8H2,1-2H3/b21-19+. The van der Waals surface area contributed by atoms with Gasteiger partial charge in [-0.3, -0.25) is 9.59 Å². The Morgan fingerprint density at radius 3 is 2.28 bits per heavy atom. The number of aliphatic hydroxyl groups excluding tert-OH is 1. The number of halogens is 2. The van der Waals surface area contributed by atoms with E-state index in [2.05, 4.69) is 0 Å². The summed E-state index contributed by atoms with van der Waals surface area (Å²) in [5, 5.41) is 11.6. The summed E-state index contributed by atoms with van der Waals surface area (Å²) in [6, 6.07) is 9.30. The second-order valence-corrected chi connectivity index (χ2v) is 8.71. The fourth-order valence-electron chi connectivity index (χ4n) is 4.60. The van der Waals surface area contributed by atoms with E-state index in [1.54, 1.807) is 30.2 Å². The smallest absolute Gasteiger partial charge is 0.295 e. The number of aliphatic hydroxyl groups is 1. The SMILES string of the molecule is COc1cccc(C2/C(=C(\O)c3cc(Cl)c(OC)c(Cl)c3)C(=O)C(=O)N2C2CCCC2)c1. The predicted octanol–water partition coefficient (Wildman–Crippen LogP) is 5.37. The fraction of sp³-hybridized carbons (Fsp3) is 0.333. The number of carbonyl (C=O) groups is 2. The van der Waals surface area contributed by atoms with Gasteiger partial charge in [-0.15, -0.1) is 0 Å². The number of likely N-dealkylation sites (tertiary alicyclic amines) is 1. The molecule has 1 aliphatic carbocycles. The zero-order chi connectivity index (χ0) is 23.0. The van der Waals surface area contributed by atoms with Crippen LogP contribution in [0.3, 0.4) is 0 Å². The third kappa shape index (κ3) is 3.82. The second-order valence-electron chi connectivity index (χ2n) is 7.89. The first-order valence-electron chi connectivity index (χ1n) is 10.3. The van der Waals surface area contributed by atoms with Gasteiger partial charge in [-0.2, -0.15) is 0 Å². The van der Waals surface area contributed by atoms with E-state index in [4.69, 9.17) is 32.7 Å². The molecule has 1 saturated heterocycles. The highest BCUT2D eigenvalue weighted by Crippen LogP contribution is 2.45. The van der Waals surface area contributed by atoms with Crippen molar-refractivity contribution in [1.29, 1.82) is 0 Å². The summed E-state index contributed by atoms with van der Waals surface area (Å²) in [5.41, 5.74) is 0.924. The van der Waals surface area contributed by atoms with E-state index >= 15 is 0 Å². The molecule has 2 aromatic carbocycles. The lowest BCUT2D eigenvalue weighted by Gasteiger charge is -2.31. The molecule has 4 rings (SSSR count). The van der Waals surface area contributed by atoms with Gasteiger partial charge in [0.1, 0.15) is 11.5 Å². The maximum atomic E-state index is 13.2. The summed E-state index contributed by atoms with van der Waals surface area (Å²) >= 11 is 12.5. The van der Waals surface area contributed by atoms with Crippen molar-refractivity contribution in [2.45, 2.75) is 37.8 Å². The maximum Gasteiger partial charge on any atom is 0.295 e. The van der Waals surface area contributed by atoms with Crippen LogP contribution in [0, 0.1) is 0 Å². The van der Waals surface area contributed by atoms with E-state index in [0.717, 1.165) is 25.7 Å². The molecule has 0 spiro atoms. The van der Waals surface area contributed by atoms with Crippen LogP contribution in [0.2, 0.25) is 10.0 Å². The van der Waals surface area contributed by atoms with E-state index in [1.165, 1.54) is 19.2 Å². The number of amides is 1. The zero-order valence-corrected chi connectivity index (χ0v) is 19.2. The van der Waals surface area contributed by atoms with Gasteiger partial charge in [0.05, 0.1) is 35.9 Å². The van der Waals surface area contributed by atoms with Crippen LogP contribution >= 0.6 is 23.2 Å². The number of hydrogen-bond acceptors (Lipinski definition) is 5. The fourth-order valence-corrected chi connectivity index (χ4v) is 5.24. The highest BCUT2D eigenvalue weighted by Gasteiger charge is 2.49. The van der Waals surface area contributed by atoms with Crippen LogP contribution in [0.15, 0.2) is 42.0 Å². The van der Waals surface area contributed by atoms with Crippen LogP contribution in [-0.2, 0) is 9.59 Å². The van der Waals surface area contributed by atoms with Crippen LogP contribution in [0.5, 0.6) is 11.5 Å². The van der Waals surface area contributed by atoms with Crippen LogP contribution < -0.4 is 9.47 Å². The molecule has 2 aromatic rings. The molecule has 1 unspecified atom stereocenters. The number of benzene rings is 2. The van der Waals surface area contributed by atoms with Gasteiger partial charge in [-0.25, -0.2) is 0 Å². The lowest BCUT2D eigenvalue weighted by molar-refractivity contribution is -0.141. The van der Waals surface area contributed by atoms with Crippen LogP contribution in [-0.4, -0.2) is 42.0 Å². The predicted molar refractivity (Wildman–Crippen MR) is 122 cm³/mol. The Bertz CT molecular complexity index is 1080. The van der Waals surface area contributed by atoms with Crippen molar-refractivity contribution in [3.8, 4) is 11.5 Å². The summed E-state index contributed by atoms with van der Waals surface area (Å²) < 4.78 is 10.5. The number of methoxy groups -OCH3 is 2. The van der Waals surface area contributed by atoms with Crippen molar-refractivity contribution >= 4 is 40.7 Å². The summed E-state index contributed by atoms with van der Waals surface area (Å²) in [4.78, 5) is 27.9. The van der Waals surface area contributed by atoms with Crippen molar-refractivity contribution in [3.63, 3.8) is 0 Å². The monoisotopic (exact) mass is 475 g/mol. The number of ether oxygens (including phenoxy) is 2. The average molecular weight is 476 g/mol. The van der Waals surface area contributed by atoms with Crippen molar-refractivity contribution in [2.75, 3.05) is 14.2 Å². The molecule has 1 heterocycles. The van der Waals surface area contributed by atoms with Gasteiger partial charge in [-0.1, -0.05) is 48.2 Å². The van der Waals surface area contributed by atoms with Crippen molar-refractivity contribution in [3.05, 3.63) is 63.1 Å². The van der Waals surface area contributed by atoms with Crippen molar-refractivity contribution in [1.82, 2.24) is 4.90 Å². The topological polar surface area (TPSA) is 76.1 Å². The molecule has 2 aliphatic rings. The van der Waals surface area contributed by atoms with E-state index < -0.39 is 17.7 Å². The third-order valence-corrected chi connectivity index (χ3v) is 6.65. The van der Waals surface area contributed by atoms with Crippen LogP contribution in [0.25, 0.3) is 5.76 Å². The first-order chi connectivity index (χ1) is 15.4. The molecule has 1 atom stereocenters. The van der Waals surface area contributed by atoms with Gasteiger partial charge in [-0.05, 0) is 42.7 Å². The second kappa shape index (κ2) is 9.04. The molecule has 0 aromatic heterocycles. The molecular formula is C24H23Cl2NO5. The first kappa shape index (κ1) is 22.5. The number of ketones is 1. The molecule has 1 N–H and O–H groups in total. The van der Waals surface area contributed by atoms with Gasteiger partial charge < -0.3 is 19.5 Å². The summed E-state index contributed by atoms with van der Waals surface area (Å²) in [6.45, 7) is 0. The number of Topliss-reactive ketones (excluding diaryl/α,β-unsaturated/α-hetero) is 1. The van der Waals surface area contributed by atoms with E-state index in [9.17, 15) is 14.7 Å². The highest BCUT2D eigenvalue weighted by molar-refractivity contribution is 6.47. The van der Waals surface area contributed by atoms with E-state index in [-0.39, 0.29) is 38.7 Å². The number of hydrogen-bond donors (Lipinski definition) is 1.